The van der Waals surface area contributed by atoms with Crippen molar-refractivity contribution in [3.63, 3.8) is 0 Å². The molecule has 1 N–H and O–H groups in total. The largest absolute Gasteiger partial charge is 0.357 e. The molecule has 20 heavy (non-hydrogen) atoms. The minimum absolute atomic E-state index is 0.0860. The lowest BCUT2D eigenvalue weighted by Crippen LogP contribution is -2.60. The van der Waals surface area contributed by atoms with Crippen LogP contribution >= 0.6 is 0 Å². The second kappa shape index (κ2) is 5.85. The number of rotatable bonds is 2. The molecule has 1 saturated heterocycles. The van der Waals surface area contributed by atoms with Crippen LogP contribution in [0.4, 0.5) is 5.82 Å². The van der Waals surface area contributed by atoms with Crippen LogP contribution in [-0.4, -0.2) is 59.4 Å². The highest BCUT2D eigenvalue weighted by atomic mass is 16.2. The van der Waals surface area contributed by atoms with E-state index in [0.717, 1.165) is 5.82 Å². The van der Waals surface area contributed by atoms with Crippen LogP contribution in [-0.2, 0) is 9.59 Å². The summed E-state index contributed by atoms with van der Waals surface area (Å²) in [4.78, 5) is 35.6. The molecule has 7 heteroatoms. The van der Waals surface area contributed by atoms with Gasteiger partial charge in [0.1, 0.15) is 17.7 Å². The Hall–Kier alpha value is -2.18. The quantitative estimate of drug-likeness (QED) is 0.793. The number of aromatic nitrogens is 2. The van der Waals surface area contributed by atoms with Gasteiger partial charge in [0.2, 0.25) is 11.8 Å². The van der Waals surface area contributed by atoms with Crippen molar-refractivity contribution in [2.24, 2.45) is 0 Å². The topological polar surface area (TPSA) is 78.4 Å². The van der Waals surface area contributed by atoms with E-state index in [1.807, 2.05) is 17.9 Å². The summed E-state index contributed by atoms with van der Waals surface area (Å²) in [5.74, 6) is 1.23. The minimum atomic E-state index is -0.485. The van der Waals surface area contributed by atoms with Crippen molar-refractivity contribution in [1.29, 1.82) is 0 Å². The van der Waals surface area contributed by atoms with E-state index in [1.165, 1.54) is 6.92 Å². The fourth-order valence-corrected chi connectivity index (χ4v) is 2.38. The summed E-state index contributed by atoms with van der Waals surface area (Å²) in [5, 5.41) is 2.61. The average molecular weight is 277 g/mol. The Morgan fingerprint density at radius 1 is 1.40 bits per heavy atom. The number of nitrogens with one attached hydrogen (secondary N) is 1. The normalized spacial score (nSPS) is 18.9. The number of carbonyl (C=O) groups is 2. The molecule has 1 atom stereocenters. The van der Waals surface area contributed by atoms with Gasteiger partial charge >= 0.3 is 0 Å². The molecule has 2 rings (SSSR count). The molecule has 1 aromatic rings. The zero-order valence-electron chi connectivity index (χ0n) is 12.0. The number of carbonyl (C=O) groups excluding carboxylic acids is 2. The zero-order chi connectivity index (χ0) is 14.7. The van der Waals surface area contributed by atoms with Gasteiger partial charge in [0.15, 0.2) is 0 Å². The van der Waals surface area contributed by atoms with Gasteiger partial charge in [0.25, 0.3) is 0 Å². The second-order valence-electron chi connectivity index (χ2n) is 4.75. The van der Waals surface area contributed by atoms with Crippen LogP contribution in [0.15, 0.2) is 12.3 Å². The van der Waals surface area contributed by atoms with E-state index >= 15 is 0 Å². The van der Waals surface area contributed by atoms with Crippen LogP contribution in [0.25, 0.3) is 0 Å². The van der Waals surface area contributed by atoms with Gasteiger partial charge in [-0.25, -0.2) is 9.97 Å². The van der Waals surface area contributed by atoms with Gasteiger partial charge < -0.3 is 15.1 Å². The zero-order valence-corrected chi connectivity index (χ0v) is 12.0. The summed E-state index contributed by atoms with van der Waals surface area (Å²) in [6, 6.07) is 1.33. The van der Waals surface area contributed by atoms with E-state index in [-0.39, 0.29) is 11.8 Å². The predicted molar refractivity (Wildman–Crippen MR) is 74.2 cm³/mol. The number of aryl methyl sites for hydroxylation is 1. The molecule has 0 bridgehead atoms. The molecule has 2 amide bonds. The molecule has 1 aromatic heterocycles. The number of piperazine rings is 1. The third-order valence-electron chi connectivity index (χ3n) is 3.42. The van der Waals surface area contributed by atoms with Crippen LogP contribution in [0.5, 0.6) is 0 Å². The Morgan fingerprint density at radius 2 is 2.15 bits per heavy atom. The Bertz CT molecular complexity index is 519. The number of anilines is 1. The standard InChI is InChI=1S/C13H19N5O2/c1-9-15-5-4-12(16-9)17-6-7-18(10(2)19)11(8-17)13(20)14-3/h4-5,11H,6-8H2,1-3H3,(H,14,20)/t11-/m1/s1. The molecule has 1 aliphatic rings. The molecular weight excluding hydrogens is 258 g/mol. The average Bonchev–Trinajstić information content (AvgIpc) is 2.45. The van der Waals surface area contributed by atoms with Crippen LogP contribution in [0, 0.1) is 6.92 Å². The third kappa shape index (κ3) is 2.87. The molecule has 108 valence electrons. The van der Waals surface area contributed by atoms with Gasteiger partial charge in [-0.2, -0.15) is 0 Å². The smallest absolute Gasteiger partial charge is 0.244 e. The first-order chi connectivity index (χ1) is 9.52. The van der Waals surface area contributed by atoms with Crippen molar-refractivity contribution in [2.45, 2.75) is 19.9 Å². The summed E-state index contributed by atoms with van der Waals surface area (Å²) >= 11 is 0. The molecule has 1 fully saturated rings. The Balaban J connectivity index is 2.20. The number of hydrogen-bond acceptors (Lipinski definition) is 5. The monoisotopic (exact) mass is 277 g/mol. The highest BCUT2D eigenvalue weighted by molar-refractivity contribution is 5.87. The van der Waals surface area contributed by atoms with Crippen molar-refractivity contribution in [2.75, 3.05) is 31.6 Å². The summed E-state index contributed by atoms with van der Waals surface area (Å²) in [5.41, 5.74) is 0. The number of nitrogens with zero attached hydrogens (tertiary/aromatic N) is 4. The first kappa shape index (κ1) is 14.2. The molecule has 7 nitrogen and oxygen atoms in total. The molecule has 1 aliphatic heterocycles. The molecule has 0 unspecified atom stereocenters. The van der Waals surface area contributed by atoms with Gasteiger partial charge in [-0.05, 0) is 13.0 Å². The van der Waals surface area contributed by atoms with Crippen molar-refractivity contribution in [3.05, 3.63) is 18.1 Å². The maximum atomic E-state index is 12.0. The maximum absolute atomic E-state index is 12.0. The maximum Gasteiger partial charge on any atom is 0.244 e. The fraction of sp³-hybridized carbons (Fsp3) is 0.538. The minimum Gasteiger partial charge on any atom is -0.357 e. The number of hydrogen-bond donors (Lipinski definition) is 1. The van der Waals surface area contributed by atoms with Crippen LogP contribution in [0.1, 0.15) is 12.7 Å². The lowest BCUT2D eigenvalue weighted by Gasteiger charge is -2.40. The van der Waals surface area contributed by atoms with Crippen LogP contribution in [0.3, 0.4) is 0 Å². The van der Waals surface area contributed by atoms with E-state index < -0.39 is 6.04 Å². The van der Waals surface area contributed by atoms with Gasteiger partial charge in [-0.15, -0.1) is 0 Å². The summed E-state index contributed by atoms with van der Waals surface area (Å²) in [6.45, 7) is 4.92. The Labute approximate surface area is 118 Å². The van der Waals surface area contributed by atoms with E-state index in [4.69, 9.17) is 0 Å². The van der Waals surface area contributed by atoms with E-state index in [9.17, 15) is 9.59 Å². The highest BCUT2D eigenvalue weighted by Crippen LogP contribution is 2.17. The van der Waals surface area contributed by atoms with Crippen molar-refractivity contribution < 1.29 is 9.59 Å². The molecule has 0 aliphatic carbocycles. The lowest BCUT2D eigenvalue weighted by atomic mass is 10.1. The summed E-state index contributed by atoms with van der Waals surface area (Å²) in [6.07, 6.45) is 1.70. The first-order valence-corrected chi connectivity index (χ1v) is 6.56. The van der Waals surface area contributed by atoms with Gasteiger partial charge in [-0.3, -0.25) is 9.59 Å². The molecule has 0 aromatic carbocycles. The summed E-state index contributed by atoms with van der Waals surface area (Å²) in [7, 11) is 1.58. The molecular formula is C13H19N5O2. The van der Waals surface area contributed by atoms with Crippen LogP contribution in [0.2, 0.25) is 0 Å². The molecule has 0 radical (unpaired) electrons. The third-order valence-corrected chi connectivity index (χ3v) is 3.42. The first-order valence-electron chi connectivity index (χ1n) is 6.56. The van der Waals surface area contributed by atoms with Crippen molar-refractivity contribution in [1.82, 2.24) is 20.2 Å². The Morgan fingerprint density at radius 3 is 2.75 bits per heavy atom. The van der Waals surface area contributed by atoms with Gasteiger partial charge in [0.05, 0.1) is 0 Å². The number of likely N-dealkylation sites (N-methyl/N-ethyl adjacent to an activating group) is 1. The van der Waals surface area contributed by atoms with E-state index in [1.54, 1.807) is 18.1 Å². The van der Waals surface area contributed by atoms with E-state index in [2.05, 4.69) is 15.3 Å². The summed E-state index contributed by atoms with van der Waals surface area (Å²) < 4.78 is 0. The second-order valence-corrected chi connectivity index (χ2v) is 4.75. The highest BCUT2D eigenvalue weighted by Gasteiger charge is 2.33. The van der Waals surface area contributed by atoms with Crippen LogP contribution < -0.4 is 10.2 Å². The molecule has 2 heterocycles. The molecule has 0 saturated carbocycles. The Kier molecular flexibility index (Phi) is 4.16. The van der Waals surface area contributed by atoms with E-state index in [0.29, 0.717) is 25.5 Å². The molecule has 0 spiro atoms. The SMILES string of the molecule is CNC(=O)[C@H]1CN(c2ccnc(C)n2)CCN1C(C)=O. The predicted octanol–water partition coefficient (Wildman–Crippen LogP) is -0.432. The number of amides is 2. The van der Waals surface area contributed by atoms with Crippen molar-refractivity contribution in [3.8, 4) is 0 Å². The lowest BCUT2D eigenvalue weighted by molar-refractivity contribution is -0.139. The van der Waals surface area contributed by atoms with Gasteiger partial charge in [-0.1, -0.05) is 0 Å². The van der Waals surface area contributed by atoms with Gasteiger partial charge in [0, 0.05) is 39.8 Å². The van der Waals surface area contributed by atoms with Crippen molar-refractivity contribution >= 4 is 17.6 Å². The fourth-order valence-electron chi connectivity index (χ4n) is 2.38.